The van der Waals surface area contributed by atoms with Crippen LogP contribution in [0.4, 0.5) is 5.69 Å². The number of thioether (sulfide) groups is 1. The van der Waals surface area contributed by atoms with Gasteiger partial charge < -0.3 is 15.0 Å². The first-order valence-electron chi connectivity index (χ1n) is 8.37. The summed E-state index contributed by atoms with van der Waals surface area (Å²) in [6, 6.07) is 14.4. The molecule has 140 valence electrons. The number of aromatic nitrogens is 4. The number of para-hydroxylation sites is 2. The number of carbonyl (C=O) groups is 2. The second-order valence-electron chi connectivity index (χ2n) is 5.84. The van der Waals surface area contributed by atoms with Crippen LogP contribution in [0, 0.1) is 0 Å². The van der Waals surface area contributed by atoms with E-state index in [4.69, 9.17) is 4.74 Å². The van der Waals surface area contributed by atoms with Crippen LogP contribution in [0.2, 0.25) is 0 Å². The number of methoxy groups -OCH3 is 1. The average molecular weight is 393 g/mol. The Labute approximate surface area is 163 Å². The molecule has 2 aromatic heterocycles. The van der Waals surface area contributed by atoms with Gasteiger partial charge in [0, 0.05) is 10.9 Å². The zero-order valence-electron chi connectivity index (χ0n) is 14.8. The lowest BCUT2D eigenvalue weighted by atomic mass is 10.2. The highest BCUT2D eigenvalue weighted by Gasteiger charge is 2.14. The molecule has 0 aliphatic rings. The van der Waals surface area contributed by atoms with Crippen molar-refractivity contribution in [1.29, 1.82) is 0 Å². The molecule has 2 N–H and O–H groups in total. The third kappa shape index (κ3) is 3.52. The van der Waals surface area contributed by atoms with Crippen molar-refractivity contribution in [3.63, 3.8) is 0 Å². The first-order chi connectivity index (χ1) is 13.7. The number of benzene rings is 2. The van der Waals surface area contributed by atoms with Crippen LogP contribution in [0.15, 0.2) is 53.7 Å². The summed E-state index contributed by atoms with van der Waals surface area (Å²) in [5, 5.41) is 12.4. The van der Waals surface area contributed by atoms with Crippen molar-refractivity contribution in [2.45, 2.75) is 5.16 Å². The standard InChI is InChI=1S/C19H15N5O3S/c1-27-18(26)12-7-3-5-9-14(12)20-15(25)10-28-19-22-17-16(23-24-19)11-6-2-4-8-13(11)21-17/h2-9H,10H2,1H3,(H,20,25)(H,21,22,24). The quantitative estimate of drug-likeness (QED) is 0.396. The molecule has 8 nitrogen and oxygen atoms in total. The second-order valence-corrected chi connectivity index (χ2v) is 6.78. The van der Waals surface area contributed by atoms with Crippen molar-refractivity contribution in [2.24, 2.45) is 0 Å². The summed E-state index contributed by atoms with van der Waals surface area (Å²) < 4.78 is 4.73. The highest BCUT2D eigenvalue weighted by atomic mass is 32.2. The van der Waals surface area contributed by atoms with E-state index in [9.17, 15) is 9.59 Å². The summed E-state index contributed by atoms with van der Waals surface area (Å²) in [5.74, 6) is -0.731. The predicted molar refractivity (Wildman–Crippen MR) is 106 cm³/mol. The van der Waals surface area contributed by atoms with Crippen molar-refractivity contribution < 1.29 is 14.3 Å². The maximum atomic E-state index is 12.3. The van der Waals surface area contributed by atoms with Gasteiger partial charge in [-0.1, -0.05) is 42.1 Å². The normalized spacial score (nSPS) is 10.9. The highest BCUT2D eigenvalue weighted by Crippen LogP contribution is 2.23. The minimum Gasteiger partial charge on any atom is -0.465 e. The van der Waals surface area contributed by atoms with Crippen LogP contribution in [-0.2, 0) is 9.53 Å². The van der Waals surface area contributed by atoms with E-state index in [0.29, 0.717) is 27.6 Å². The highest BCUT2D eigenvalue weighted by molar-refractivity contribution is 7.99. The van der Waals surface area contributed by atoms with E-state index in [1.54, 1.807) is 24.3 Å². The maximum Gasteiger partial charge on any atom is 0.339 e. The smallest absolute Gasteiger partial charge is 0.339 e. The molecule has 0 saturated heterocycles. The number of H-pyrrole nitrogens is 1. The van der Waals surface area contributed by atoms with Gasteiger partial charge in [0.15, 0.2) is 5.65 Å². The molecule has 0 spiro atoms. The second kappa shape index (κ2) is 7.65. The molecule has 28 heavy (non-hydrogen) atoms. The van der Waals surface area contributed by atoms with Gasteiger partial charge in [-0.3, -0.25) is 4.79 Å². The maximum absolute atomic E-state index is 12.3. The summed E-state index contributed by atoms with van der Waals surface area (Å²) in [5.41, 5.74) is 2.93. The Kier molecular flexibility index (Phi) is 4.90. The van der Waals surface area contributed by atoms with Crippen LogP contribution >= 0.6 is 11.8 Å². The van der Waals surface area contributed by atoms with Gasteiger partial charge in [-0.05, 0) is 18.2 Å². The average Bonchev–Trinajstić information content (AvgIpc) is 3.10. The number of anilines is 1. The Morgan fingerprint density at radius 3 is 2.75 bits per heavy atom. The van der Waals surface area contributed by atoms with Crippen LogP contribution < -0.4 is 5.32 Å². The summed E-state index contributed by atoms with van der Waals surface area (Å²) in [6.07, 6.45) is 0. The van der Waals surface area contributed by atoms with Crippen LogP contribution in [0.25, 0.3) is 22.1 Å². The number of esters is 1. The van der Waals surface area contributed by atoms with Gasteiger partial charge in [0.05, 0.1) is 24.1 Å². The Balaban J connectivity index is 1.47. The van der Waals surface area contributed by atoms with Crippen molar-refractivity contribution in [3.8, 4) is 0 Å². The number of nitrogens with one attached hydrogen (secondary N) is 2. The largest absolute Gasteiger partial charge is 0.465 e. The summed E-state index contributed by atoms with van der Waals surface area (Å²) in [6.45, 7) is 0. The van der Waals surface area contributed by atoms with Crippen molar-refractivity contribution in [3.05, 3.63) is 54.1 Å². The van der Waals surface area contributed by atoms with Gasteiger partial charge in [0.25, 0.3) is 0 Å². The molecule has 0 atom stereocenters. The first-order valence-corrected chi connectivity index (χ1v) is 9.35. The van der Waals surface area contributed by atoms with Crippen LogP contribution in [0.3, 0.4) is 0 Å². The SMILES string of the molecule is COC(=O)c1ccccc1NC(=O)CSc1nnc2c(n1)[nH]c1ccccc12. The number of hydrogen-bond donors (Lipinski definition) is 2. The fraction of sp³-hybridized carbons (Fsp3) is 0.105. The number of carbonyl (C=O) groups excluding carboxylic acids is 2. The number of nitrogens with zero attached hydrogens (tertiary/aromatic N) is 3. The van der Waals surface area contributed by atoms with Crippen molar-refractivity contribution >= 4 is 51.4 Å². The molecule has 0 saturated carbocycles. The van der Waals surface area contributed by atoms with E-state index in [0.717, 1.165) is 22.7 Å². The Bertz CT molecular complexity index is 1190. The van der Waals surface area contributed by atoms with Crippen LogP contribution in [0.5, 0.6) is 0 Å². The fourth-order valence-electron chi connectivity index (χ4n) is 2.76. The molecule has 2 aromatic carbocycles. The Hall–Kier alpha value is -3.46. The molecule has 1 amide bonds. The number of aromatic amines is 1. The molecule has 4 aromatic rings. The number of fused-ring (bicyclic) bond motifs is 3. The molecule has 4 rings (SSSR count). The lowest BCUT2D eigenvalue weighted by Crippen LogP contribution is -2.17. The summed E-state index contributed by atoms with van der Waals surface area (Å²) in [7, 11) is 1.29. The van der Waals surface area contributed by atoms with E-state index >= 15 is 0 Å². The Morgan fingerprint density at radius 1 is 1.11 bits per heavy atom. The number of ether oxygens (including phenoxy) is 1. The molecule has 0 bridgehead atoms. The third-order valence-corrected chi connectivity index (χ3v) is 4.88. The lowest BCUT2D eigenvalue weighted by molar-refractivity contribution is -0.113. The van der Waals surface area contributed by atoms with Crippen molar-refractivity contribution in [2.75, 3.05) is 18.2 Å². The van der Waals surface area contributed by atoms with E-state index in [1.807, 2.05) is 24.3 Å². The monoisotopic (exact) mass is 393 g/mol. The minimum absolute atomic E-state index is 0.0723. The molecule has 9 heteroatoms. The zero-order valence-corrected chi connectivity index (χ0v) is 15.6. The van der Waals surface area contributed by atoms with Gasteiger partial charge >= 0.3 is 5.97 Å². The van der Waals surface area contributed by atoms with E-state index in [-0.39, 0.29) is 11.7 Å². The number of rotatable bonds is 5. The van der Waals surface area contributed by atoms with Gasteiger partial charge in [-0.2, -0.15) is 0 Å². The number of amides is 1. The summed E-state index contributed by atoms with van der Waals surface area (Å²) >= 11 is 1.16. The van der Waals surface area contributed by atoms with Crippen LogP contribution in [-0.4, -0.2) is 44.9 Å². The summed E-state index contributed by atoms with van der Waals surface area (Å²) in [4.78, 5) is 31.7. The van der Waals surface area contributed by atoms with Gasteiger partial charge in [-0.15, -0.1) is 10.2 Å². The minimum atomic E-state index is -0.514. The molecule has 0 aliphatic carbocycles. The van der Waals surface area contributed by atoms with Crippen LogP contribution in [0.1, 0.15) is 10.4 Å². The molecule has 0 fully saturated rings. The zero-order chi connectivity index (χ0) is 19.5. The molecular weight excluding hydrogens is 378 g/mol. The molecule has 0 aliphatic heterocycles. The number of hydrogen-bond acceptors (Lipinski definition) is 7. The fourth-order valence-corrected chi connectivity index (χ4v) is 3.35. The molecule has 0 unspecified atom stereocenters. The van der Waals surface area contributed by atoms with Gasteiger partial charge in [0.1, 0.15) is 5.52 Å². The van der Waals surface area contributed by atoms with E-state index in [1.165, 1.54) is 7.11 Å². The molecule has 2 heterocycles. The first kappa shape index (κ1) is 17.9. The van der Waals surface area contributed by atoms with Crippen molar-refractivity contribution in [1.82, 2.24) is 20.2 Å². The van der Waals surface area contributed by atoms with Gasteiger partial charge in [-0.25, -0.2) is 9.78 Å². The third-order valence-electron chi connectivity index (χ3n) is 4.04. The Morgan fingerprint density at radius 2 is 1.89 bits per heavy atom. The lowest BCUT2D eigenvalue weighted by Gasteiger charge is -2.09. The predicted octanol–water partition coefficient (Wildman–Crippen LogP) is 3.02. The van der Waals surface area contributed by atoms with E-state index < -0.39 is 5.97 Å². The molecule has 0 radical (unpaired) electrons. The topological polar surface area (TPSA) is 110 Å². The van der Waals surface area contributed by atoms with E-state index in [2.05, 4.69) is 25.5 Å². The molecular formula is C19H15N5O3S. The van der Waals surface area contributed by atoms with Gasteiger partial charge in [0.2, 0.25) is 11.1 Å².